The molecule has 0 fully saturated rings. The highest BCUT2D eigenvalue weighted by atomic mass is 32.1. The highest BCUT2D eigenvalue weighted by Crippen LogP contribution is 2.26. The molecule has 0 radical (unpaired) electrons. The zero-order valence-electron chi connectivity index (χ0n) is 16.4. The third-order valence-corrected chi connectivity index (χ3v) is 4.97. The van der Waals surface area contributed by atoms with Crippen molar-refractivity contribution in [2.45, 2.75) is 26.2 Å². The van der Waals surface area contributed by atoms with Gasteiger partial charge in [-0.15, -0.1) is 11.3 Å². The van der Waals surface area contributed by atoms with Gasteiger partial charge in [0.15, 0.2) is 5.13 Å². The van der Waals surface area contributed by atoms with Gasteiger partial charge in [-0.25, -0.2) is 4.98 Å². The number of nitrogens with one attached hydrogen (secondary N) is 2. The minimum atomic E-state index is -0.120. The molecule has 0 bridgehead atoms. The van der Waals surface area contributed by atoms with Crippen molar-refractivity contribution in [3.05, 3.63) is 59.5 Å². The van der Waals surface area contributed by atoms with Crippen LogP contribution in [0.2, 0.25) is 0 Å². The van der Waals surface area contributed by atoms with Gasteiger partial charge in [-0.3, -0.25) is 9.59 Å². The number of carbonyl (C=O) groups excluding carboxylic acids is 2. The Morgan fingerprint density at radius 1 is 1.00 bits per heavy atom. The largest absolute Gasteiger partial charge is 0.497 e. The number of hydrogen-bond acceptors (Lipinski definition) is 5. The van der Waals surface area contributed by atoms with E-state index in [2.05, 4.69) is 15.6 Å². The first kappa shape index (κ1) is 20.5. The molecule has 7 heteroatoms. The van der Waals surface area contributed by atoms with Crippen LogP contribution in [0.25, 0.3) is 11.3 Å². The average molecular weight is 410 g/mol. The lowest BCUT2D eigenvalue weighted by atomic mass is 10.1. The molecule has 0 aliphatic rings. The number of benzene rings is 2. The van der Waals surface area contributed by atoms with E-state index in [0.717, 1.165) is 34.7 Å². The lowest BCUT2D eigenvalue weighted by molar-refractivity contribution is -0.116. The second-order valence-corrected chi connectivity index (χ2v) is 7.34. The number of hydrogen-bond donors (Lipinski definition) is 2. The molecule has 29 heavy (non-hydrogen) atoms. The van der Waals surface area contributed by atoms with Gasteiger partial charge in [0.2, 0.25) is 11.8 Å². The summed E-state index contributed by atoms with van der Waals surface area (Å²) in [5.74, 6) is 0.649. The van der Waals surface area contributed by atoms with Crippen molar-refractivity contribution < 1.29 is 14.3 Å². The predicted octanol–water partition coefficient (Wildman–Crippen LogP) is 4.74. The molecule has 2 N–H and O–H groups in total. The second kappa shape index (κ2) is 9.84. The Hall–Kier alpha value is -3.19. The van der Waals surface area contributed by atoms with Crippen LogP contribution in [-0.2, 0) is 16.0 Å². The minimum Gasteiger partial charge on any atom is -0.497 e. The van der Waals surface area contributed by atoms with Gasteiger partial charge in [0, 0.05) is 23.1 Å². The third kappa shape index (κ3) is 5.89. The highest BCUT2D eigenvalue weighted by molar-refractivity contribution is 7.14. The van der Waals surface area contributed by atoms with E-state index in [-0.39, 0.29) is 18.2 Å². The van der Waals surface area contributed by atoms with Gasteiger partial charge in [0.25, 0.3) is 0 Å². The molecule has 0 saturated heterocycles. The van der Waals surface area contributed by atoms with Crippen molar-refractivity contribution in [3.8, 4) is 17.0 Å². The summed E-state index contributed by atoms with van der Waals surface area (Å²) in [5, 5.41) is 8.15. The van der Waals surface area contributed by atoms with E-state index in [1.807, 2.05) is 60.8 Å². The molecule has 0 atom stereocenters. The van der Waals surface area contributed by atoms with Gasteiger partial charge in [-0.05, 0) is 36.2 Å². The van der Waals surface area contributed by atoms with E-state index in [1.54, 1.807) is 7.11 Å². The molecule has 3 rings (SSSR count). The number of ether oxygens (including phenoxy) is 1. The fourth-order valence-corrected chi connectivity index (χ4v) is 3.47. The van der Waals surface area contributed by atoms with Crippen molar-refractivity contribution in [1.29, 1.82) is 0 Å². The molecule has 2 aromatic carbocycles. The van der Waals surface area contributed by atoms with Crippen LogP contribution in [0.4, 0.5) is 10.8 Å². The van der Waals surface area contributed by atoms with Crippen molar-refractivity contribution in [2.24, 2.45) is 0 Å². The molecule has 0 spiro atoms. The maximum Gasteiger partial charge on any atom is 0.230 e. The van der Waals surface area contributed by atoms with Gasteiger partial charge in [0.05, 0.1) is 19.2 Å². The van der Waals surface area contributed by atoms with Crippen LogP contribution >= 0.6 is 11.3 Å². The summed E-state index contributed by atoms with van der Waals surface area (Å²) in [6.07, 6.45) is 1.59. The molecule has 0 aliphatic heterocycles. The summed E-state index contributed by atoms with van der Waals surface area (Å²) >= 11 is 1.38. The minimum absolute atomic E-state index is 0.00997. The van der Waals surface area contributed by atoms with E-state index >= 15 is 0 Å². The Kier molecular flexibility index (Phi) is 6.97. The lowest BCUT2D eigenvalue weighted by Gasteiger charge is -2.05. The molecule has 0 aliphatic carbocycles. The van der Waals surface area contributed by atoms with Gasteiger partial charge in [0.1, 0.15) is 5.75 Å². The number of aromatic nitrogens is 1. The van der Waals surface area contributed by atoms with Crippen molar-refractivity contribution >= 4 is 34.0 Å². The molecule has 1 aromatic heterocycles. The van der Waals surface area contributed by atoms with E-state index in [9.17, 15) is 9.59 Å². The SMILES string of the molecule is CCCC(=O)Nc1ccc(-c2csc(NC(=O)Cc3ccc(OC)cc3)n2)cc1. The first-order valence-electron chi connectivity index (χ1n) is 9.36. The summed E-state index contributed by atoms with van der Waals surface area (Å²) in [5.41, 5.74) is 3.36. The average Bonchev–Trinajstić information content (AvgIpc) is 3.17. The van der Waals surface area contributed by atoms with Gasteiger partial charge < -0.3 is 15.4 Å². The summed E-state index contributed by atoms with van der Waals surface area (Å²) in [4.78, 5) is 28.4. The predicted molar refractivity (Wildman–Crippen MR) is 116 cm³/mol. The highest BCUT2D eigenvalue weighted by Gasteiger charge is 2.10. The molecule has 0 unspecified atom stereocenters. The number of carbonyl (C=O) groups is 2. The summed E-state index contributed by atoms with van der Waals surface area (Å²) in [7, 11) is 1.61. The Labute approximate surface area is 173 Å². The van der Waals surface area contributed by atoms with Crippen molar-refractivity contribution in [2.75, 3.05) is 17.7 Å². The summed E-state index contributed by atoms with van der Waals surface area (Å²) in [6, 6.07) is 14.9. The molecule has 2 amide bonds. The number of rotatable bonds is 8. The van der Waals surface area contributed by atoms with Gasteiger partial charge >= 0.3 is 0 Å². The first-order valence-corrected chi connectivity index (χ1v) is 10.2. The van der Waals surface area contributed by atoms with Crippen LogP contribution in [0.5, 0.6) is 5.75 Å². The molecule has 0 saturated carbocycles. The maximum atomic E-state index is 12.3. The zero-order valence-corrected chi connectivity index (χ0v) is 17.2. The van der Waals surface area contributed by atoms with E-state index < -0.39 is 0 Å². The van der Waals surface area contributed by atoms with Gasteiger partial charge in [-0.2, -0.15) is 0 Å². The first-order chi connectivity index (χ1) is 14.1. The van der Waals surface area contributed by atoms with E-state index in [4.69, 9.17) is 4.74 Å². The van der Waals surface area contributed by atoms with E-state index in [0.29, 0.717) is 11.6 Å². The fourth-order valence-electron chi connectivity index (χ4n) is 2.73. The van der Waals surface area contributed by atoms with Crippen LogP contribution < -0.4 is 15.4 Å². The van der Waals surface area contributed by atoms with Crippen LogP contribution in [0, 0.1) is 0 Å². The normalized spacial score (nSPS) is 10.4. The van der Waals surface area contributed by atoms with Gasteiger partial charge in [-0.1, -0.05) is 31.2 Å². The van der Waals surface area contributed by atoms with Crippen LogP contribution in [0.1, 0.15) is 25.3 Å². The lowest BCUT2D eigenvalue weighted by Crippen LogP contribution is -2.14. The molecular weight excluding hydrogens is 386 g/mol. The summed E-state index contributed by atoms with van der Waals surface area (Å²) in [6.45, 7) is 1.97. The van der Waals surface area contributed by atoms with E-state index in [1.165, 1.54) is 11.3 Å². The van der Waals surface area contributed by atoms with Crippen molar-refractivity contribution in [1.82, 2.24) is 4.98 Å². The molecule has 3 aromatic rings. The topological polar surface area (TPSA) is 80.3 Å². The number of anilines is 2. The number of nitrogens with zero attached hydrogens (tertiary/aromatic N) is 1. The van der Waals surface area contributed by atoms with Crippen LogP contribution in [0.15, 0.2) is 53.9 Å². The Morgan fingerprint density at radius 2 is 1.72 bits per heavy atom. The standard InChI is InChI=1S/C22H23N3O3S/c1-3-4-20(26)23-17-9-7-16(8-10-17)19-14-29-22(24-19)25-21(27)13-15-5-11-18(28-2)12-6-15/h5-12,14H,3-4,13H2,1-2H3,(H,23,26)(H,24,25,27). The Balaban J connectivity index is 1.58. The summed E-state index contributed by atoms with van der Waals surface area (Å²) < 4.78 is 5.12. The second-order valence-electron chi connectivity index (χ2n) is 6.49. The molecular formula is C22H23N3O3S. The monoisotopic (exact) mass is 409 g/mol. The third-order valence-electron chi connectivity index (χ3n) is 4.22. The number of methoxy groups -OCH3 is 1. The van der Waals surface area contributed by atoms with Crippen LogP contribution in [0.3, 0.4) is 0 Å². The molecule has 6 nitrogen and oxygen atoms in total. The number of amides is 2. The Bertz CT molecular complexity index is 966. The quantitative estimate of drug-likeness (QED) is 0.563. The van der Waals surface area contributed by atoms with Crippen molar-refractivity contribution in [3.63, 3.8) is 0 Å². The number of thiazole rings is 1. The maximum absolute atomic E-state index is 12.3. The fraction of sp³-hybridized carbons (Fsp3) is 0.227. The smallest absolute Gasteiger partial charge is 0.230 e. The molecule has 150 valence electrons. The zero-order chi connectivity index (χ0) is 20.6. The van der Waals surface area contributed by atoms with Crippen LogP contribution in [-0.4, -0.2) is 23.9 Å². The Morgan fingerprint density at radius 3 is 2.38 bits per heavy atom. The molecule has 1 heterocycles.